The van der Waals surface area contributed by atoms with E-state index in [-0.39, 0.29) is 32.2 Å². The predicted octanol–water partition coefficient (Wildman–Crippen LogP) is 10.4. The number of aromatic hydroxyl groups is 1. The van der Waals surface area contributed by atoms with Gasteiger partial charge in [0.1, 0.15) is 11.3 Å². The molecule has 0 amide bonds. The normalized spacial score (nSPS) is 12.9. The Balaban J connectivity index is 0.00000351. The van der Waals surface area contributed by atoms with Crippen molar-refractivity contribution in [1.82, 2.24) is 9.97 Å². The first kappa shape index (κ1) is 30.4. The van der Waals surface area contributed by atoms with Gasteiger partial charge in [0.05, 0.1) is 5.69 Å². The van der Waals surface area contributed by atoms with Crippen LogP contribution in [0, 0.1) is 6.07 Å². The van der Waals surface area contributed by atoms with Crippen molar-refractivity contribution in [3.05, 3.63) is 163 Å². The van der Waals surface area contributed by atoms with Gasteiger partial charge in [-0.05, 0) is 70.9 Å². The van der Waals surface area contributed by atoms with Gasteiger partial charge in [-0.2, -0.15) is 0 Å². The van der Waals surface area contributed by atoms with Gasteiger partial charge in [-0.25, -0.2) is 4.98 Å². The third-order valence-corrected chi connectivity index (χ3v) is 8.88. The van der Waals surface area contributed by atoms with Gasteiger partial charge in [0.25, 0.3) is 0 Å². The van der Waals surface area contributed by atoms with Gasteiger partial charge in [-0.3, -0.25) is 4.98 Å². The minimum atomic E-state index is -0.242. The molecule has 0 atom stereocenters. The van der Waals surface area contributed by atoms with Crippen LogP contribution in [0.2, 0.25) is 0 Å². The van der Waals surface area contributed by atoms with Crippen molar-refractivity contribution in [3.8, 4) is 17.0 Å². The van der Waals surface area contributed by atoms with Crippen molar-refractivity contribution in [2.75, 3.05) is 9.80 Å². The molecule has 2 aromatic heterocycles. The smallest absolute Gasteiger partial charge is 0.165 e. The third-order valence-electron chi connectivity index (χ3n) is 8.88. The summed E-state index contributed by atoms with van der Waals surface area (Å²) in [5, 5.41) is 12.7. The summed E-state index contributed by atoms with van der Waals surface area (Å²) in [4.78, 5) is 14.0. The first-order valence-electron chi connectivity index (χ1n) is 15.4. The molecule has 47 heavy (non-hydrogen) atoms. The van der Waals surface area contributed by atoms with E-state index >= 15 is 0 Å². The zero-order valence-corrected chi connectivity index (χ0v) is 28.2. The molecule has 0 unspecified atom stereocenters. The van der Waals surface area contributed by atoms with Crippen LogP contribution >= 0.6 is 0 Å². The fourth-order valence-electron chi connectivity index (χ4n) is 6.57. The maximum atomic E-state index is 11.8. The second kappa shape index (κ2) is 12.2. The van der Waals surface area contributed by atoms with Crippen LogP contribution in [0.5, 0.6) is 5.75 Å². The molecule has 3 heterocycles. The summed E-state index contributed by atoms with van der Waals surface area (Å²) in [7, 11) is 0. The number of fused-ring (bicyclic) bond motifs is 3. The van der Waals surface area contributed by atoms with Gasteiger partial charge < -0.3 is 14.9 Å². The quantitative estimate of drug-likeness (QED) is 0.176. The molecule has 5 aromatic carbocycles. The minimum Gasteiger partial charge on any atom is -0.504 e. The minimum absolute atomic E-state index is 0. The summed E-state index contributed by atoms with van der Waals surface area (Å²) in [5.74, 6) is 0.950. The molecule has 1 aliphatic heterocycles. The molecule has 0 bridgehead atoms. The molecule has 1 aliphatic rings. The number of rotatable bonds is 5. The Bertz CT molecular complexity index is 2170. The van der Waals surface area contributed by atoms with Crippen LogP contribution in [0.15, 0.2) is 146 Å². The van der Waals surface area contributed by atoms with Gasteiger partial charge in [-0.15, -0.1) is 23.8 Å². The van der Waals surface area contributed by atoms with Crippen LogP contribution in [-0.2, 0) is 26.5 Å². The molecule has 6 heteroatoms. The summed E-state index contributed by atoms with van der Waals surface area (Å²) < 4.78 is 0. The van der Waals surface area contributed by atoms with Crippen molar-refractivity contribution in [2.24, 2.45) is 0 Å². The predicted molar refractivity (Wildman–Crippen MR) is 187 cm³/mol. The number of aromatic nitrogens is 2. The maximum Gasteiger partial charge on any atom is 0.165 e. The Hall–Kier alpha value is -5.25. The van der Waals surface area contributed by atoms with E-state index in [0.717, 1.165) is 50.8 Å². The fraction of sp³-hybridized carbons (Fsp3) is 0.0732. The molecule has 232 valence electrons. The fourth-order valence-corrected chi connectivity index (χ4v) is 6.57. The Labute approximate surface area is 289 Å². The first-order valence-corrected chi connectivity index (χ1v) is 15.4. The van der Waals surface area contributed by atoms with Gasteiger partial charge in [0.2, 0.25) is 0 Å². The van der Waals surface area contributed by atoms with Crippen molar-refractivity contribution in [1.29, 1.82) is 0 Å². The molecule has 5 nitrogen and oxygen atoms in total. The Morgan fingerprint density at radius 1 is 0.681 bits per heavy atom. The van der Waals surface area contributed by atoms with Crippen molar-refractivity contribution >= 4 is 45.2 Å². The van der Waals surface area contributed by atoms with E-state index in [9.17, 15) is 5.11 Å². The van der Waals surface area contributed by atoms with Crippen LogP contribution in [0.25, 0.3) is 22.2 Å². The third kappa shape index (κ3) is 5.17. The zero-order chi connectivity index (χ0) is 31.3. The van der Waals surface area contributed by atoms with E-state index in [4.69, 9.17) is 9.97 Å². The van der Waals surface area contributed by atoms with Crippen LogP contribution < -0.4 is 9.80 Å². The molecule has 8 rings (SSSR count). The van der Waals surface area contributed by atoms with Crippen molar-refractivity contribution in [2.45, 2.75) is 19.3 Å². The Morgan fingerprint density at radius 2 is 1.34 bits per heavy atom. The second-order valence-corrected chi connectivity index (χ2v) is 12.0. The topological polar surface area (TPSA) is 52.5 Å². The molecule has 7 aromatic rings. The van der Waals surface area contributed by atoms with Gasteiger partial charge in [-0.1, -0.05) is 98.3 Å². The van der Waals surface area contributed by atoms with E-state index in [1.54, 1.807) is 0 Å². The number of hydrogen-bond donors (Lipinski definition) is 1. The average Bonchev–Trinajstić information content (AvgIpc) is 3.11. The number of pyridine rings is 2. The van der Waals surface area contributed by atoms with E-state index in [1.165, 1.54) is 5.56 Å². The van der Waals surface area contributed by atoms with E-state index < -0.39 is 0 Å². The summed E-state index contributed by atoms with van der Waals surface area (Å²) in [6.45, 7) is 4.51. The largest absolute Gasteiger partial charge is 0.504 e. The molecule has 0 saturated heterocycles. The molecule has 0 aliphatic carbocycles. The molecular formula is C41H31N4OPt-. The van der Waals surface area contributed by atoms with Gasteiger partial charge >= 0.3 is 0 Å². The summed E-state index contributed by atoms with van der Waals surface area (Å²) >= 11 is 0. The maximum absolute atomic E-state index is 11.8. The monoisotopic (exact) mass is 790 g/mol. The number of benzene rings is 5. The standard InChI is InChI=1S/C41H31N4O.Pt/c1-41(2)32-17-9-10-18-35(32)45(38-19-11-12-26-42-38)37-27-29(20-23-33(37)41)34-24-21-28-22-25-36(40(46)39(28)43-34)44(30-13-5-3-6-14-30)31-15-7-4-8-16-31;/h3-26,46H,1-2H3;/q-1;. The molecule has 0 saturated carbocycles. The number of anilines is 6. The van der Waals surface area contributed by atoms with Crippen LogP contribution in [-0.4, -0.2) is 15.1 Å². The first-order chi connectivity index (χ1) is 22.5. The van der Waals surface area contributed by atoms with Gasteiger partial charge in [0, 0.05) is 49.7 Å². The van der Waals surface area contributed by atoms with E-state index in [1.807, 2.05) is 109 Å². The van der Waals surface area contributed by atoms with Crippen LogP contribution in [0.3, 0.4) is 0 Å². The van der Waals surface area contributed by atoms with E-state index in [0.29, 0.717) is 11.2 Å². The number of phenolic OH excluding ortho intramolecular Hbond substituents is 1. The van der Waals surface area contributed by atoms with Crippen LogP contribution in [0.4, 0.5) is 34.3 Å². The summed E-state index contributed by atoms with van der Waals surface area (Å²) in [5.41, 5.74) is 8.82. The number of nitrogens with zero attached hydrogens (tertiary/aromatic N) is 4. The molecule has 0 fully saturated rings. The van der Waals surface area contributed by atoms with Crippen molar-refractivity contribution in [3.63, 3.8) is 0 Å². The molecule has 0 spiro atoms. The Morgan fingerprint density at radius 3 is 2.04 bits per heavy atom. The molecular weight excluding hydrogens is 760 g/mol. The molecule has 1 N–H and O–H groups in total. The number of phenols is 1. The molecule has 0 radical (unpaired) electrons. The van der Waals surface area contributed by atoms with Crippen molar-refractivity contribution < 1.29 is 26.2 Å². The summed E-state index contributed by atoms with van der Waals surface area (Å²) in [6.07, 6.45) is 1.82. The Kier molecular flexibility index (Phi) is 7.87. The zero-order valence-electron chi connectivity index (χ0n) is 25.9. The average molecular weight is 791 g/mol. The van der Waals surface area contributed by atoms with E-state index in [2.05, 4.69) is 66.1 Å². The van der Waals surface area contributed by atoms with Gasteiger partial charge in [0.15, 0.2) is 5.75 Å². The number of hydrogen-bond acceptors (Lipinski definition) is 5. The second-order valence-electron chi connectivity index (χ2n) is 12.0. The summed E-state index contributed by atoms with van der Waals surface area (Å²) in [6, 6.07) is 50.6. The number of para-hydroxylation sites is 3. The van der Waals surface area contributed by atoms with Crippen LogP contribution in [0.1, 0.15) is 25.0 Å². The SMILES string of the molecule is CC1(C)c2ccc(-c3ccc4ccc(N(c5ccccc5)c5ccccc5)c(O)c4n3)[c-]c2N(c2ccccn2)c2ccccc21.[Pt].